The standard InChI is InChI=1S/C11H14Br2N2O/c1-11(2,6-12)7-15-10(16)9-8(13)4-3-5-14-9/h3-5H,6-7H2,1-2H3,(H,15,16). The van der Waals surface area contributed by atoms with Crippen molar-refractivity contribution in [1.82, 2.24) is 10.3 Å². The second-order valence-corrected chi connectivity index (χ2v) is 5.73. The van der Waals surface area contributed by atoms with Gasteiger partial charge in [-0.1, -0.05) is 29.8 Å². The van der Waals surface area contributed by atoms with Crippen LogP contribution in [0.3, 0.4) is 0 Å². The van der Waals surface area contributed by atoms with E-state index in [1.807, 2.05) is 0 Å². The summed E-state index contributed by atoms with van der Waals surface area (Å²) >= 11 is 6.72. The van der Waals surface area contributed by atoms with E-state index >= 15 is 0 Å². The minimum atomic E-state index is -0.151. The zero-order valence-corrected chi connectivity index (χ0v) is 12.4. The number of hydrogen-bond acceptors (Lipinski definition) is 2. The first-order valence-corrected chi connectivity index (χ1v) is 6.82. The van der Waals surface area contributed by atoms with Gasteiger partial charge in [0.05, 0.1) is 0 Å². The van der Waals surface area contributed by atoms with Crippen molar-refractivity contribution >= 4 is 37.8 Å². The highest BCUT2D eigenvalue weighted by Crippen LogP contribution is 2.17. The van der Waals surface area contributed by atoms with Gasteiger partial charge in [0.25, 0.3) is 5.91 Å². The lowest BCUT2D eigenvalue weighted by Gasteiger charge is -2.21. The van der Waals surface area contributed by atoms with Crippen molar-refractivity contribution in [3.05, 3.63) is 28.5 Å². The molecular weight excluding hydrogens is 336 g/mol. The molecule has 0 aliphatic rings. The van der Waals surface area contributed by atoms with Crippen LogP contribution in [-0.2, 0) is 0 Å². The van der Waals surface area contributed by atoms with Crippen LogP contribution in [0.5, 0.6) is 0 Å². The smallest absolute Gasteiger partial charge is 0.271 e. The largest absolute Gasteiger partial charge is 0.350 e. The molecule has 0 saturated carbocycles. The summed E-state index contributed by atoms with van der Waals surface area (Å²) in [5, 5.41) is 3.71. The number of hydrogen-bond donors (Lipinski definition) is 1. The number of carbonyl (C=O) groups excluding carboxylic acids is 1. The van der Waals surface area contributed by atoms with E-state index in [1.165, 1.54) is 0 Å². The predicted molar refractivity (Wildman–Crippen MR) is 71.8 cm³/mol. The fourth-order valence-electron chi connectivity index (χ4n) is 1.00. The zero-order chi connectivity index (χ0) is 12.2. The van der Waals surface area contributed by atoms with Crippen LogP contribution in [0.4, 0.5) is 0 Å². The number of pyridine rings is 1. The van der Waals surface area contributed by atoms with Crippen LogP contribution < -0.4 is 5.32 Å². The number of amides is 1. The van der Waals surface area contributed by atoms with Gasteiger partial charge in [-0.2, -0.15) is 0 Å². The van der Waals surface area contributed by atoms with Crippen LogP contribution >= 0.6 is 31.9 Å². The Morgan fingerprint density at radius 2 is 2.25 bits per heavy atom. The van der Waals surface area contributed by atoms with Crippen molar-refractivity contribution in [2.75, 3.05) is 11.9 Å². The first-order chi connectivity index (χ1) is 7.46. The number of nitrogens with one attached hydrogen (secondary N) is 1. The Kier molecular flexibility index (Phi) is 4.92. The lowest BCUT2D eigenvalue weighted by atomic mass is 9.97. The van der Waals surface area contributed by atoms with Crippen LogP contribution in [-0.4, -0.2) is 22.8 Å². The first-order valence-electron chi connectivity index (χ1n) is 4.91. The molecule has 5 heteroatoms. The Balaban J connectivity index is 2.64. The third-order valence-electron chi connectivity index (χ3n) is 2.06. The summed E-state index contributed by atoms with van der Waals surface area (Å²) < 4.78 is 0.712. The molecule has 0 radical (unpaired) electrons. The predicted octanol–water partition coefficient (Wildman–Crippen LogP) is 3.00. The number of alkyl halides is 1. The molecule has 0 atom stereocenters. The Labute approximate surface area is 112 Å². The molecule has 1 amide bonds. The van der Waals surface area contributed by atoms with Gasteiger partial charge in [-0.05, 0) is 33.5 Å². The molecule has 0 aliphatic carbocycles. The summed E-state index contributed by atoms with van der Waals surface area (Å²) in [6.07, 6.45) is 1.61. The van der Waals surface area contributed by atoms with E-state index in [4.69, 9.17) is 0 Å². The SMILES string of the molecule is CC(C)(CBr)CNC(=O)c1ncccc1Br. The van der Waals surface area contributed by atoms with Crippen LogP contribution in [0.25, 0.3) is 0 Å². The fraction of sp³-hybridized carbons (Fsp3) is 0.455. The van der Waals surface area contributed by atoms with Crippen molar-refractivity contribution < 1.29 is 4.79 Å². The minimum Gasteiger partial charge on any atom is -0.350 e. The van der Waals surface area contributed by atoms with E-state index in [0.717, 1.165) is 5.33 Å². The average molecular weight is 350 g/mol. The molecule has 0 unspecified atom stereocenters. The van der Waals surface area contributed by atoms with Crippen molar-refractivity contribution in [2.24, 2.45) is 5.41 Å². The molecule has 0 spiro atoms. The van der Waals surface area contributed by atoms with Crippen molar-refractivity contribution in [3.8, 4) is 0 Å². The highest BCUT2D eigenvalue weighted by Gasteiger charge is 2.18. The fourth-order valence-corrected chi connectivity index (χ4v) is 1.64. The molecule has 3 nitrogen and oxygen atoms in total. The van der Waals surface area contributed by atoms with Gasteiger partial charge in [0.2, 0.25) is 0 Å². The van der Waals surface area contributed by atoms with E-state index in [2.05, 4.69) is 56.0 Å². The summed E-state index contributed by atoms with van der Waals surface area (Å²) in [4.78, 5) is 15.8. The van der Waals surface area contributed by atoms with E-state index in [-0.39, 0.29) is 11.3 Å². The molecule has 88 valence electrons. The highest BCUT2D eigenvalue weighted by atomic mass is 79.9. The number of aromatic nitrogens is 1. The lowest BCUT2D eigenvalue weighted by molar-refractivity contribution is 0.0934. The molecule has 0 bridgehead atoms. The Hall–Kier alpha value is -0.420. The summed E-state index contributed by atoms with van der Waals surface area (Å²) in [6, 6.07) is 3.58. The summed E-state index contributed by atoms with van der Waals surface area (Å²) in [5.41, 5.74) is 0.463. The Morgan fingerprint density at radius 1 is 1.56 bits per heavy atom. The van der Waals surface area contributed by atoms with Crippen LogP contribution in [0.2, 0.25) is 0 Å². The maximum absolute atomic E-state index is 11.8. The highest BCUT2D eigenvalue weighted by molar-refractivity contribution is 9.10. The third kappa shape index (κ3) is 3.87. The molecule has 0 aliphatic heterocycles. The number of carbonyl (C=O) groups is 1. The molecular formula is C11H14Br2N2O. The monoisotopic (exact) mass is 348 g/mol. The molecule has 1 N–H and O–H groups in total. The normalized spacial score (nSPS) is 11.2. The van der Waals surface area contributed by atoms with Gasteiger partial charge < -0.3 is 5.32 Å². The van der Waals surface area contributed by atoms with E-state index in [1.54, 1.807) is 18.3 Å². The number of halogens is 2. The zero-order valence-electron chi connectivity index (χ0n) is 9.26. The van der Waals surface area contributed by atoms with Crippen molar-refractivity contribution in [3.63, 3.8) is 0 Å². The summed E-state index contributed by atoms with van der Waals surface area (Å²) in [6.45, 7) is 4.77. The molecule has 1 heterocycles. The van der Waals surface area contributed by atoms with Crippen molar-refractivity contribution in [1.29, 1.82) is 0 Å². The van der Waals surface area contributed by atoms with Gasteiger partial charge in [-0.15, -0.1) is 0 Å². The first kappa shape index (κ1) is 13.6. The number of rotatable bonds is 4. The quantitative estimate of drug-likeness (QED) is 0.849. The number of nitrogens with zero attached hydrogens (tertiary/aromatic N) is 1. The minimum absolute atomic E-state index is 0.0386. The molecule has 1 aromatic heterocycles. The molecule has 0 fully saturated rings. The summed E-state index contributed by atoms with van der Waals surface area (Å²) in [7, 11) is 0. The van der Waals surface area contributed by atoms with Gasteiger partial charge in [-0.25, -0.2) is 4.98 Å². The van der Waals surface area contributed by atoms with Crippen molar-refractivity contribution in [2.45, 2.75) is 13.8 Å². The van der Waals surface area contributed by atoms with Crippen LogP contribution in [0, 0.1) is 5.41 Å². The van der Waals surface area contributed by atoms with Gasteiger partial charge >= 0.3 is 0 Å². The lowest BCUT2D eigenvalue weighted by Crippen LogP contribution is -2.35. The van der Waals surface area contributed by atoms with Crippen LogP contribution in [0.1, 0.15) is 24.3 Å². The maximum atomic E-state index is 11.8. The van der Waals surface area contributed by atoms with E-state index < -0.39 is 0 Å². The maximum Gasteiger partial charge on any atom is 0.271 e. The summed E-state index contributed by atoms with van der Waals surface area (Å²) in [5.74, 6) is -0.151. The molecule has 1 aromatic rings. The second-order valence-electron chi connectivity index (χ2n) is 4.31. The topological polar surface area (TPSA) is 42.0 Å². The third-order valence-corrected chi connectivity index (χ3v) is 4.22. The van der Waals surface area contributed by atoms with E-state index in [9.17, 15) is 4.79 Å². The Bertz CT molecular complexity index is 380. The van der Waals surface area contributed by atoms with Gasteiger partial charge in [0.15, 0.2) is 0 Å². The molecule has 0 saturated heterocycles. The molecule has 0 aromatic carbocycles. The van der Waals surface area contributed by atoms with Crippen LogP contribution in [0.15, 0.2) is 22.8 Å². The van der Waals surface area contributed by atoms with Gasteiger partial charge in [0, 0.05) is 22.5 Å². The molecule has 16 heavy (non-hydrogen) atoms. The van der Waals surface area contributed by atoms with E-state index in [0.29, 0.717) is 16.7 Å². The molecule has 1 rings (SSSR count). The average Bonchev–Trinajstić information content (AvgIpc) is 2.27. The van der Waals surface area contributed by atoms with Gasteiger partial charge in [0.1, 0.15) is 5.69 Å². The Morgan fingerprint density at radius 3 is 2.81 bits per heavy atom. The second kappa shape index (κ2) is 5.77. The van der Waals surface area contributed by atoms with Gasteiger partial charge in [-0.3, -0.25) is 4.79 Å².